The molecule has 0 aliphatic rings. The molecule has 9 nitrogen and oxygen atoms in total. The van der Waals surface area contributed by atoms with E-state index in [1.165, 1.54) is 18.9 Å². The molecule has 188 valence electrons. The lowest BCUT2D eigenvalue weighted by atomic mass is 10.0. The second-order valence-corrected chi connectivity index (χ2v) is 9.12. The van der Waals surface area contributed by atoms with Crippen molar-refractivity contribution in [3.63, 3.8) is 0 Å². The number of nitrogens with one attached hydrogen (secondary N) is 2. The Labute approximate surface area is 214 Å². The monoisotopic (exact) mass is 507 g/mol. The van der Waals surface area contributed by atoms with Crippen molar-refractivity contribution < 1.29 is 19.1 Å². The summed E-state index contributed by atoms with van der Waals surface area (Å²) < 4.78 is 6.61. The van der Waals surface area contributed by atoms with Crippen LogP contribution in [0.15, 0.2) is 72.4 Å². The molecule has 0 spiro atoms. The van der Waals surface area contributed by atoms with Gasteiger partial charge in [0.15, 0.2) is 11.0 Å². The van der Waals surface area contributed by atoms with Crippen molar-refractivity contribution in [2.45, 2.75) is 31.6 Å². The Morgan fingerprint density at radius 2 is 1.78 bits per heavy atom. The second-order valence-electron chi connectivity index (χ2n) is 8.18. The number of allylic oxidation sites excluding steroid dienone is 1. The van der Waals surface area contributed by atoms with Crippen LogP contribution in [0.1, 0.15) is 46.4 Å². The standard InChI is InChI=1S/C26H29N5O4S/c1-5-15-31-23(22(17(2)3)28-24(33)18-11-7-6-8-12-18)29-30-26(31)36-16-21(32)27-20-14-10-9-13-19(20)25(34)35-4/h5-14,17,22H,1,15-16H2,2-4H3,(H,27,32)(H,28,33)/t22-/m1/s1. The SMILES string of the molecule is C=CCn1c(SCC(=O)Nc2ccccc2C(=O)OC)nnc1[C@H](NC(=O)c1ccccc1)C(C)C. The quantitative estimate of drug-likeness (QED) is 0.228. The Morgan fingerprint density at radius 3 is 2.44 bits per heavy atom. The normalized spacial score (nSPS) is 11.6. The number of methoxy groups -OCH3 is 1. The van der Waals surface area contributed by atoms with Gasteiger partial charge in [-0.25, -0.2) is 4.79 Å². The third kappa shape index (κ3) is 6.60. The van der Waals surface area contributed by atoms with Crippen LogP contribution in [-0.4, -0.2) is 45.4 Å². The maximum absolute atomic E-state index is 12.8. The van der Waals surface area contributed by atoms with Crippen LogP contribution in [0.5, 0.6) is 0 Å². The number of benzene rings is 2. The van der Waals surface area contributed by atoms with Crippen LogP contribution in [-0.2, 0) is 16.1 Å². The zero-order chi connectivity index (χ0) is 26.1. The van der Waals surface area contributed by atoms with E-state index in [0.29, 0.717) is 28.8 Å². The van der Waals surface area contributed by atoms with E-state index >= 15 is 0 Å². The fraction of sp³-hybridized carbons (Fsp3) is 0.269. The lowest BCUT2D eigenvalue weighted by Crippen LogP contribution is -2.33. The molecule has 0 saturated heterocycles. The molecule has 2 N–H and O–H groups in total. The highest BCUT2D eigenvalue weighted by atomic mass is 32.2. The van der Waals surface area contributed by atoms with Crippen molar-refractivity contribution in [1.82, 2.24) is 20.1 Å². The minimum absolute atomic E-state index is 0.0291. The molecular formula is C26H29N5O4S. The summed E-state index contributed by atoms with van der Waals surface area (Å²) in [7, 11) is 1.29. The maximum Gasteiger partial charge on any atom is 0.339 e. The van der Waals surface area contributed by atoms with Crippen LogP contribution < -0.4 is 10.6 Å². The average molecular weight is 508 g/mol. The number of amides is 2. The van der Waals surface area contributed by atoms with Gasteiger partial charge in [0.05, 0.1) is 30.2 Å². The summed E-state index contributed by atoms with van der Waals surface area (Å²) in [6.45, 7) is 8.20. The van der Waals surface area contributed by atoms with Crippen molar-refractivity contribution >= 4 is 35.2 Å². The summed E-state index contributed by atoms with van der Waals surface area (Å²) in [6, 6.07) is 15.2. The smallest absolute Gasteiger partial charge is 0.339 e. The highest BCUT2D eigenvalue weighted by molar-refractivity contribution is 7.99. The number of aromatic nitrogens is 3. The molecule has 3 rings (SSSR count). The zero-order valence-corrected chi connectivity index (χ0v) is 21.2. The Kier molecular flexibility index (Phi) is 9.40. The lowest BCUT2D eigenvalue weighted by molar-refractivity contribution is -0.113. The largest absolute Gasteiger partial charge is 0.465 e. The summed E-state index contributed by atoms with van der Waals surface area (Å²) in [6.07, 6.45) is 1.71. The van der Waals surface area contributed by atoms with Crippen LogP contribution in [0, 0.1) is 5.92 Å². The number of anilines is 1. The van der Waals surface area contributed by atoms with E-state index in [-0.39, 0.29) is 29.0 Å². The van der Waals surface area contributed by atoms with Gasteiger partial charge in [-0.1, -0.05) is 62.0 Å². The van der Waals surface area contributed by atoms with E-state index in [0.717, 1.165) is 0 Å². The van der Waals surface area contributed by atoms with Gasteiger partial charge in [-0.2, -0.15) is 0 Å². The molecule has 0 aliphatic carbocycles. The first kappa shape index (κ1) is 26.7. The zero-order valence-electron chi connectivity index (χ0n) is 20.4. The average Bonchev–Trinajstić information content (AvgIpc) is 3.28. The van der Waals surface area contributed by atoms with Crippen molar-refractivity contribution in [3.8, 4) is 0 Å². The van der Waals surface area contributed by atoms with E-state index < -0.39 is 12.0 Å². The number of nitrogens with zero attached hydrogens (tertiary/aromatic N) is 3. The van der Waals surface area contributed by atoms with Gasteiger partial charge < -0.3 is 19.9 Å². The number of ether oxygens (including phenoxy) is 1. The van der Waals surface area contributed by atoms with Crippen LogP contribution in [0.2, 0.25) is 0 Å². The van der Waals surface area contributed by atoms with Gasteiger partial charge in [0.2, 0.25) is 5.91 Å². The third-order valence-corrected chi connectivity index (χ3v) is 6.23. The van der Waals surface area contributed by atoms with Gasteiger partial charge in [0, 0.05) is 12.1 Å². The van der Waals surface area contributed by atoms with Gasteiger partial charge in [0.25, 0.3) is 5.91 Å². The van der Waals surface area contributed by atoms with Crippen molar-refractivity contribution in [1.29, 1.82) is 0 Å². The second kappa shape index (κ2) is 12.7. The molecule has 2 amide bonds. The summed E-state index contributed by atoms with van der Waals surface area (Å²) >= 11 is 1.20. The van der Waals surface area contributed by atoms with E-state index in [9.17, 15) is 14.4 Å². The predicted molar refractivity (Wildman–Crippen MR) is 139 cm³/mol. The first-order valence-corrected chi connectivity index (χ1v) is 12.3. The fourth-order valence-corrected chi connectivity index (χ4v) is 4.23. The molecule has 36 heavy (non-hydrogen) atoms. The Morgan fingerprint density at radius 1 is 1.08 bits per heavy atom. The Balaban J connectivity index is 1.75. The van der Waals surface area contributed by atoms with Crippen LogP contribution >= 0.6 is 11.8 Å². The molecule has 3 aromatic rings. The summed E-state index contributed by atoms with van der Waals surface area (Å²) in [5.41, 5.74) is 1.19. The maximum atomic E-state index is 12.8. The molecule has 0 radical (unpaired) electrons. The molecule has 0 bridgehead atoms. The fourth-order valence-electron chi connectivity index (χ4n) is 3.48. The topological polar surface area (TPSA) is 115 Å². The van der Waals surface area contributed by atoms with Gasteiger partial charge in [-0.05, 0) is 30.2 Å². The van der Waals surface area contributed by atoms with Crippen molar-refractivity contribution in [2.75, 3.05) is 18.2 Å². The molecule has 0 aliphatic heterocycles. The summed E-state index contributed by atoms with van der Waals surface area (Å²) in [5.74, 6) is -0.419. The number of esters is 1. The van der Waals surface area contributed by atoms with Crippen LogP contribution in [0.4, 0.5) is 5.69 Å². The Hall–Kier alpha value is -3.92. The molecule has 0 fully saturated rings. The molecular weight excluding hydrogens is 478 g/mol. The molecule has 0 unspecified atom stereocenters. The molecule has 0 saturated carbocycles. The number of carbonyl (C=O) groups excluding carboxylic acids is 3. The number of hydrogen-bond donors (Lipinski definition) is 2. The van der Waals surface area contributed by atoms with Gasteiger partial charge in [-0.3, -0.25) is 9.59 Å². The first-order valence-electron chi connectivity index (χ1n) is 11.4. The minimum atomic E-state index is -0.536. The minimum Gasteiger partial charge on any atom is -0.465 e. The molecule has 1 heterocycles. The van der Waals surface area contributed by atoms with E-state index in [1.807, 2.05) is 36.6 Å². The molecule has 1 atom stereocenters. The third-order valence-electron chi connectivity index (χ3n) is 5.26. The predicted octanol–water partition coefficient (Wildman–Crippen LogP) is 4.11. The number of rotatable bonds is 11. The van der Waals surface area contributed by atoms with Gasteiger partial charge in [-0.15, -0.1) is 16.8 Å². The van der Waals surface area contributed by atoms with Crippen LogP contribution in [0.3, 0.4) is 0 Å². The lowest BCUT2D eigenvalue weighted by Gasteiger charge is -2.22. The van der Waals surface area contributed by atoms with E-state index in [4.69, 9.17) is 4.74 Å². The highest BCUT2D eigenvalue weighted by Gasteiger charge is 2.26. The molecule has 10 heteroatoms. The van der Waals surface area contributed by atoms with Gasteiger partial charge in [0.1, 0.15) is 0 Å². The van der Waals surface area contributed by atoms with Crippen molar-refractivity contribution in [2.24, 2.45) is 5.92 Å². The van der Waals surface area contributed by atoms with Crippen LogP contribution in [0.25, 0.3) is 0 Å². The first-order chi connectivity index (χ1) is 17.3. The summed E-state index contributed by atoms with van der Waals surface area (Å²) in [5, 5.41) is 14.9. The van der Waals surface area contributed by atoms with Crippen molar-refractivity contribution in [3.05, 3.63) is 84.2 Å². The Bertz CT molecular complexity index is 1230. The summed E-state index contributed by atoms with van der Waals surface area (Å²) in [4.78, 5) is 37.4. The molecule has 1 aromatic heterocycles. The number of carbonyl (C=O) groups is 3. The molecule has 2 aromatic carbocycles. The van der Waals surface area contributed by atoms with E-state index in [2.05, 4.69) is 27.4 Å². The van der Waals surface area contributed by atoms with Gasteiger partial charge >= 0.3 is 5.97 Å². The van der Waals surface area contributed by atoms with E-state index in [1.54, 1.807) is 42.5 Å². The number of para-hydroxylation sites is 1. The number of thioether (sulfide) groups is 1. The highest BCUT2D eigenvalue weighted by Crippen LogP contribution is 2.26. The number of hydrogen-bond acceptors (Lipinski definition) is 7.